The SMILES string of the molecule is CC(=O)c1ccc(NC(=O)Nc2cccc(OS(=O)(=O)c3cccc(S(=O)(=O)Oc4cccc(NC(=O)Nc5ccc(C(C)=O)cc5)c4)c3)c2)cc1. The van der Waals surface area contributed by atoms with Gasteiger partial charge in [-0.15, -0.1) is 0 Å². The van der Waals surface area contributed by atoms with Crippen molar-refractivity contribution in [1.82, 2.24) is 0 Å². The van der Waals surface area contributed by atoms with E-state index < -0.39 is 42.1 Å². The predicted molar refractivity (Wildman–Crippen MR) is 193 cm³/mol. The number of carbonyl (C=O) groups excluding carboxylic acids is 4. The van der Waals surface area contributed by atoms with E-state index in [1.165, 1.54) is 68.4 Å². The molecule has 4 N–H and O–H groups in total. The largest absolute Gasteiger partial charge is 0.379 e. The van der Waals surface area contributed by atoms with E-state index in [0.29, 0.717) is 22.5 Å². The van der Waals surface area contributed by atoms with Crippen LogP contribution in [0.5, 0.6) is 11.5 Å². The van der Waals surface area contributed by atoms with Gasteiger partial charge >= 0.3 is 32.3 Å². The van der Waals surface area contributed by atoms with Crippen LogP contribution >= 0.6 is 0 Å². The highest BCUT2D eigenvalue weighted by atomic mass is 32.2. The van der Waals surface area contributed by atoms with Gasteiger partial charge in [-0.2, -0.15) is 16.8 Å². The van der Waals surface area contributed by atoms with Crippen molar-refractivity contribution in [3.63, 3.8) is 0 Å². The minimum atomic E-state index is -4.57. The van der Waals surface area contributed by atoms with Gasteiger partial charge in [0.05, 0.1) is 0 Å². The molecule has 4 amide bonds. The number of ketones is 2. The molecule has 5 rings (SSSR count). The summed E-state index contributed by atoms with van der Waals surface area (Å²) in [6.07, 6.45) is 0. The van der Waals surface area contributed by atoms with Crippen molar-refractivity contribution in [2.24, 2.45) is 0 Å². The molecule has 0 aliphatic rings. The van der Waals surface area contributed by atoms with Crippen LogP contribution in [0.4, 0.5) is 32.3 Å². The number of hydrogen-bond acceptors (Lipinski definition) is 10. The lowest BCUT2D eigenvalue weighted by Crippen LogP contribution is -2.19. The average Bonchev–Trinajstić information content (AvgIpc) is 3.08. The van der Waals surface area contributed by atoms with Gasteiger partial charge in [0.25, 0.3) is 0 Å². The zero-order chi connectivity index (χ0) is 37.5. The second kappa shape index (κ2) is 15.6. The Labute approximate surface area is 299 Å². The molecule has 16 heteroatoms. The maximum atomic E-state index is 13.2. The Morgan fingerprint density at radius 1 is 0.442 bits per heavy atom. The molecule has 0 fully saturated rings. The smallest absolute Gasteiger partial charge is 0.339 e. The Morgan fingerprint density at radius 2 is 0.788 bits per heavy atom. The molecule has 0 aliphatic heterocycles. The number of Topliss-reactive ketones (excluding diaryl/α,β-unsaturated/α-hetero) is 2. The highest BCUT2D eigenvalue weighted by Gasteiger charge is 2.23. The van der Waals surface area contributed by atoms with Gasteiger partial charge in [0.15, 0.2) is 11.6 Å². The van der Waals surface area contributed by atoms with Crippen LogP contribution in [0.3, 0.4) is 0 Å². The van der Waals surface area contributed by atoms with Crippen molar-refractivity contribution in [2.45, 2.75) is 23.6 Å². The first-order valence-corrected chi connectivity index (χ1v) is 18.1. The van der Waals surface area contributed by atoms with Crippen LogP contribution in [0, 0.1) is 0 Å². The zero-order valence-corrected chi connectivity index (χ0v) is 29.1. The Kier molecular flexibility index (Phi) is 11.0. The standard InChI is InChI=1S/C36H30N4O10S2/c1-23(41)25-12-16-27(17-13-25)37-35(43)39-29-6-3-8-31(20-29)49-51(45,46)33-10-5-11-34(22-33)52(47,48)50-32-9-4-7-30(21-32)40-36(44)38-28-18-14-26(15-19-28)24(2)42/h3-22H,1-2H3,(H2,37,39,43)(H2,38,40,44). The Morgan fingerprint density at radius 3 is 1.15 bits per heavy atom. The predicted octanol–water partition coefficient (Wildman–Crippen LogP) is 6.92. The van der Waals surface area contributed by atoms with Crippen LogP contribution in [-0.2, 0) is 20.2 Å². The molecule has 0 unspecified atom stereocenters. The second-order valence-electron chi connectivity index (χ2n) is 11.0. The van der Waals surface area contributed by atoms with Crippen molar-refractivity contribution in [1.29, 1.82) is 0 Å². The number of amides is 4. The molecule has 0 atom stereocenters. The highest BCUT2D eigenvalue weighted by molar-refractivity contribution is 7.88. The van der Waals surface area contributed by atoms with Gasteiger partial charge in [0.1, 0.15) is 21.3 Å². The molecule has 0 bridgehead atoms. The second-order valence-corrected chi connectivity index (χ2v) is 14.1. The van der Waals surface area contributed by atoms with E-state index in [0.717, 1.165) is 18.2 Å². The average molecular weight is 743 g/mol. The summed E-state index contributed by atoms with van der Waals surface area (Å²) in [5, 5.41) is 10.3. The maximum absolute atomic E-state index is 13.2. The summed E-state index contributed by atoms with van der Waals surface area (Å²) >= 11 is 0. The van der Waals surface area contributed by atoms with E-state index in [4.69, 9.17) is 8.37 Å². The highest BCUT2D eigenvalue weighted by Crippen LogP contribution is 2.26. The molecule has 0 saturated heterocycles. The number of anilines is 4. The lowest BCUT2D eigenvalue weighted by Gasteiger charge is -2.12. The molecule has 266 valence electrons. The summed E-state index contributed by atoms with van der Waals surface area (Å²) in [5.41, 5.74) is 2.16. The third-order valence-corrected chi connectivity index (χ3v) is 9.56. The molecule has 0 radical (unpaired) electrons. The van der Waals surface area contributed by atoms with E-state index >= 15 is 0 Å². The summed E-state index contributed by atoms with van der Waals surface area (Å²) in [7, 11) is -9.15. The maximum Gasteiger partial charge on any atom is 0.339 e. The number of rotatable bonds is 12. The molecular weight excluding hydrogens is 713 g/mol. The monoisotopic (exact) mass is 742 g/mol. The van der Waals surface area contributed by atoms with E-state index in [9.17, 15) is 36.0 Å². The molecule has 0 aliphatic carbocycles. The van der Waals surface area contributed by atoms with Gasteiger partial charge in [-0.05, 0) is 105 Å². The van der Waals surface area contributed by atoms with E-state index in [2.05, 4.69) is 21.3 Å². The summed E-state index contributed by atoms with van der Waals surface area (Å²) in [6, 6.07) is 26.5. The summed E-state index contributed by atoms with van der Waals surface area (Å²) in [5.74, 6) is -0.593. The molecule has 14 nitrogen and oxygen atoms in total. The fourth-order valence-electron chi connectivity index (χ4n) is 4.55. The van der Waals surface area contributed by atoms with Gasteiger partial charge in [-0.25, -0.2) is 9.59 Å². The number of hydrogen-bond donors (Lipinski definition) is 4. The van der Waals surface area contributed by atoms with Crippen molar-refractivity contribution >= 4 is 66.6 Å². The fraction of sp³-hybridized carbons (Fsp3) is 0.0556. The van der Waals surface area contributed by atoms with Crippen molar-refractivity contribution in [3.05, 3.63) is 132 Å². The first-order valence-electron chi connectivity index (χ1n) is 15.2. The van der Waals surface area contributed by atoms with Crippen LogP contribution in [0.1, 0.15) is 34.6 Å². The van der Waals surface area contributed by atoms with Gasteiger partial charge in [-0.3, -0.25) is 9.59 Å². The zero-order valence-electron chi connectivity index (χ0n) is 27.4. The van der Waals surface area contributed by atoms with Crippen LogP contribution in [-0.4, -0.2) is 40.5 Å². The van der Waals surface area contributed by atoms with E-state index in [1.54, 1.807) is 48.5 Å². The lowest BCUT2D eigenvalue weighted by molar-refractivity contribution is 0.100. The van der Waals surface area contributed by atoms with Crippen LogP contribution in [0.25, 0.3) is 0 Å². The third kappa shape index (κ3) is 9.80. The minimum absolute atomic E-state index is 0.125. The number of nitrogens with one attached hydrogen (secondary N) is 4. The quantitative estimate of drug-likeness (QED) is 0.0768. The Balaban J connectivity index is 1.22. The first kappa shape index (κ1) is 36.8. The van der Waals surface area contributed by atoms with E-state index in [1.807, 2.05) is 0 Å². The van der Waals surface area contributed by atoms with Crippen LogP contribution in [0.2, 0.25) is 0 Å². The molecular formula is C36H30N4O10S2. The van der Waals surface area contributed by atoms with Gasteiger partial charge in [0.2, 0.25) is 0 Å². The third-order valence-electron chi connectivity index (χ3n) is 7.08. The Hall–Kier alpha value is -6.52. The summed E-state index contributed by atoms with van der Waals surface area (Å²) in [6.45, 7) is 2.84. The van der Waals surface area contributed by atoms with Gasteiger partial charge in [-0.1, -0.05) is 18.2 Å². The van der Waals surface area contributed by atoms with Gasteiger partial charge < -0.3 is 29.6 Å². The number of urea groups is 2. The summed E-state index contributed by atoms with van der Waals surface area (Å²) < 4.78 is 63.2. The fourth-order valence-corrected chi connectivity index (χ4v) is 6.56. The molecule has 0 heterocycles. The Bertz CT molecular complexity index is 2220. The number of carbonyl (C=O) groups is 4. The normalized spacial score (nSPS) is 11.1. The first-order chi connectivity index (χ1) is 24.7. The molecule has 5 aromatic carbocycles. The molecule has 0 saturated carbocycles. The molecule has 0 spiro atoms. The minimum Gasteiger partial charge on any atom is -0.379 e. The number of benzene rings is 5. The van der Waals surface area contributed by atoms with Crippen molar-refractivity contribution < 1.29 is 44.4 Å². The van der Waals surface area contributed by atoms with Crippen molar-refractivity contribution in [2.75, 3.05) is 21.3 Å². The summed E-state index contributed by atoms with van der Waals surface area (Å²) in [4.78, 5) is 46.9. The van der Waals surface area contributed by atoms with Crippen LogP contribution in [0.15, 0.2) is 131 Å². The molecule has 5 aromatic rings. The molecule has 52 heavy (non-hydrogen) atoms. The van der Waals surface area contributed by atoms with Crippen LogP contribution < -0.4 is 29.6 Å². The van der Waals surface area contributed by atoms with Gasteiger partial charge in [0, 0.05) is 46.0 Å². The topological polar surface area (TPSA) is 203 Å². The van der Waals surface area contributed by atoms with Crippen molar-refractivity contribution in [3.8, 4) is 11.5 Å². The van der Waals surface area contributed by atoms with E-state index in [-0.39, 0.29) is 34.4 Å². The molecule has 0 aromatic heterocycles. The lowest BCUT2D eigenvalue weighted by atomic mass is 10.1.